The average Bonchev–Trinajstić information content (AvgIpc) is 2.41. The Labute approximate surface area is 106 Å². The first-order chi connectivity index (χ1) is 8.36. The van der Waals surface area contributed by atoms with Crippen LogP contribution in [0.15, 0.2) is 23.2 Å². The van der Waals surface area contributed by atoms with E-state index in [-0.39, 0.29) is 0 Å². The van der Waals surface area contributed by atoms with E-state index in [9.17, 15) is 0 Å². The van der Waals surface area contributed by atoms with Crippen molar-refractivity contribution in [1.29, 1.82) is 0 Å². The summed E-state index contributed by atoms with van der Waals surface area (Å²) < 4.78 is 0. The SMILES string of the molecule is C=C(C=C=NC1CCCCC1)C1CCCCC1. The molecular formula is C16H25N. The van der Waals surface area contributed by atoms with Gasteiger partial charge in [-0.15, -0.1) is 0 Å². The predicted molar refractivity (Wildman–Crippen MR) is 74.6 cm³/mol. The first kappa shape index (κ1) is 12.6. The molecule has 0 saturated heterocycles. The average molecular weight is 231 g/mol. The van der Waals surface area contributed by atoms with E-state index in [0.29, 0.717) is 12.0 Å². The van der Waals surface area contributed by atoms with Crippen molar-refractivity contribution in [2.45, 2.75) is 70.3 Å². The summed E-state index contributed by atoms with van der Waals surface area (Å²) in [7, 11) is 0. The number of hydrogen-bond donors (Lipinski definition) is 0. The lowest BCUT2D eigenvalue weighted by molar-refractivity contribution is 0.409. The van der Waals surface area contributed by atoms with Crippen molar-refractivity contribution in [3.05, 3.63) is 18.2 Å². The van der Waals surface area contributed by atoms with Crippen LogP contribution in [-0.4, -0.2) is 11.9 Å². The number of aliphatic imine (C=N–C) groups is 1. The zero-order valence-electron chi connectivity index (χ0n) is 11.0. The Balaban J connectivity index is 1.81. The molecule has 17 heavy (non-hydrogen) atoms. The summed E-state index contributed by atoms with van der Waals surface area (Å²) in [6.45, 7) is 4.18. The molecule has 0 N–H and O–H groups in total. The van der Waals surface area contributed by atoms with E-state index in [1.54, 1.807) is 0 Å². The minimum Gasteiger partial charge on any atom is -0.240 e. The van der Waals surface area contributed by atoms with Crippen molar-refractivity contribution in [1.82, 2.24) is 0 Å². The maximum absolute atomic E-state index is 4.55. The Morgan fingerprint density at radius 2 is 1.53 bits per heavy atom. The molecule has 2 fully saturated rings. The molecule has 0 aromatic heterocycles. The van der Waals surface area contributed by atoms with Gasteiger partial charge in [0, 0.05) is 6.08 Å². The fraction of sp³-hybridized carbons (Fsp3) is 0.750. The van der Waals surface area contributed by atoms with E-state index < -0.39 is 0 Å². The van der Waals surface area contributed by atoms with E-state index in [4.69, 9.17) is 0 Å². The van der Waals surface area contributed by atoms with Gasteiger partial charge in [-0.3, -0.25) is 0 Å². The number of nitrogens with zero attached hydrogens (tertiary/aromatic N) is 1. The third-order valence-corrected chi connectivity index (χ3v) is 4.21. The van der Waals surface area contributed by atoms with Gasteiger partial charge in [-0.05, 0) is 43.0 Å². The number of hydrogen-bond acceptors (Lipinski definition) is 1. The Morgan fingerprint density at radius 1 is 0.941 bits per heavy atom. The first-order valence-electron chi connectivity index (χ1n) is 7.33. The van der Waals surface area contributed by atoms with Crippen molar-refractivity contribution in [2.24, 2.45) is 10.9 Å². The molecule has 0 aliphatic heterocycles. The van der Waals surface area contributed by atoms with Crippen molar-refractivity contribution in [2.75, 3.05) is 0 Å². The highest BCUT2D eigenvalue weighted by Crippen LogP contribution is 2.29. The molecule has 2 saturated carbocycles. The maximum atomic E-state index is 4.55. The molecule has 1 heteroatoms. The van der Waals surface area contributed by atoms with Crippen molar-refractivity contribution < 1.29 is 0 Å². The van der Waals surface area contributed by atoms with Gasteiger partial charge in [0.15, 0.2) is 0 Å². The molecule has 0 amide bonds. The lowest BCUT2D eigenvalue weighted by atomic mass is 9.84. The third kappa shape index (κ3) is 4.16. The Bertz CT molecular complexity index is 297. The van der Waals surface area contributed by atoms with Crippen LogP contribution in [0.2, 0.25) is 0 Å². The lowest BCUT2D eigenvalue weighted by Crippen LogP contribution is -2.09. The Kier molecular flexibility index (Phi) is 5.07. The van der Waals surface area contributed by atoms with Gasteiger partial charge < -0.3 is 0 Å². The van der Waals surface area contributed by atoms with E-state index in [2.05, 4.69) is 17.4 Å². The highest BCUT2D eigenvalue weighted by molar-refractivity contribution is 5.57. The molecule has 0 heterocycles. The van der Waals surface area contributed by atoms with E-state index in [1.165, 1.54) is 69.8 Å². The summed E-state index contributed by atoms with van der Waals surface area (Å²) >= 11 is 0. The normalized spacial score (nSPS) is 22.8. The van der Waals surface area contributed by atoms with Gasteiger partial charge in [0.25, 0.3) is 0 Å². The summed E-state index contributed by atoms with van der Waals surface area (Å²) in [6.07, 6.45) is 15.4. The zero-order valence-corrected chi connectivity index (χ0v) is 11.0. The van der Waals surface area contributed by atoms with Crippen LogP contribution in [-0.2, 0) is 0 Å². The minimum atomic E-state index is 0.541. The van der Waals surface area contributed by atoms with E-state index >= 15 is 0 Å². The van der Waals surface area contributed by atoms with Gasteiger partial charge >= 0.3 is 0 Å². The third-order valence-electron chi connectivity index (χ3n) is 4.21. The highest BCUT2D eigenvalue weighted by atomic mass is 14.8. The highest BCUT2D eigenvalue weighted by Gasteiger charge is 2.14. The Hall–Kier alpha value is -0.810. The van der Waals surface area contributed by atoms with Gasteiger partial charge in [0.05, 0.1) is 6.04 Å². The molecule has 2 rings (SSSR count). The van der Waals surface area contributed by atoms with Crippen LogP contribution in [0.5, 0.6) is 0 Å². The molecule has 2 aliphatic carbocycles. The quantitative estimate of drug-likeness (QED) is 0.494. The standard InChI is InChI=1S/C16H25N/c1-14(15-8-4-2-5-9-15)12-13-17-16-10-6-3-7-11-16/h12,15-16H,1-11H2. The van der Waals surface area contributed by atoms with Gasteiger partial charge in [0.2, 0.25) is 0 Å². The largest absolute Gasteiger partial charge is 0.240 e. The lowest BCUT2D eigenvalue weighted by Gasteiger charge is -2.21. The Morgan fingerprint density at radius 3 is 2.18 bits per heavy atom. The summed E-state index contributed by atoms with van der Waals surface area (Å²) in [4.78, 5) is 4.55. The van der Waals surface area contributed by atoms with Crippen molar-refractivity contribution in [3.8, 4) is 0 Å². The minimum absolute atomic E-state index is 0.541. The van der Waals surface area contributed by atoms with Gasteiger partial charge in [0.1, 0.15) is 0 Å². The molecule has 2 aliphatic rings. The monoisotopic (exact) mass is 231 g/mol. The van der Waals surface area contributed by atoms with Crippen LogP contribution >= 0.6 is 0 Å². The molecule has 0 radical (unpaired) electrons. The fourth-order valence-corrected chi connectivity index (χ4v) is 3.03. The van der Waals surface area contributed by atoms with Crippen LogP contribution in [0.1, 0.15) is 64.2 Å². The molecule has 0 aromatic rings. The van der Waals surface area contributed by atoms with Crippen molar-refractivity contribution >= 4 is 5.87 Å². The first-order valence-corrected chi connectivity index (χ1v) is 7.33. The second-order valence-corrected chi connectivity index (χ2v) is 5.60. The summed E-state index contributed by atoms with van der Waals surface area (Å²) in [5, 5.41) is 0. The molecule has 0 aromatic carbocycles. The zero-order chi connectivity index (χ0) is 11.9. The molecule has 0 bridgehead atoms. The topological polar surface area (TPSA) is 12.4 Å². The molecule has 1 nitrogen and oxygen atoms in total. The second-order valence-electron chi connectivity index (χ2n) is 5.60. The van der Waals surface area contributed by atoms with Crippen molar-refractivity contribution in [3.63, 3.8) is 0 Å². The summed E-state index contributed by atoms with van der Waals surface area (Å²) in [5.41, 5.74) is 1.25. The van der Waals surface area contributed by atoms with Gasteiger partial charge in [-0.2, -0.15) is 0 Å². The van der Waals surface area contributed by atoms with Gasteiger partial charge in [-0.25, -0.2) is 4.99 Å². The number of allylic oxidation sites excluding steroid dienone is 2. The van der Waals surface area contributed by atoms with Crippen LogP contribution in [0.25, 0.3) is 0 Å². The summed E-state index contributed by atoms with van der Waals surface area (Å²) in [6, 6.07) is 0.541. The molecule has 0 spiro atoms. The van der Waals surface area contributed by atoms with E-state index in [1.807, 2.05) is 6.08 Å². The van der Waals surface area contributed by atoms with Crippen LogP contribution in [0, 0.1) is 5.92 Å². The molecule has 0 unspecified atom stereocenters. The second kappa shape index (κ2) is 6.81. The maximum Gasteiger partial charge on any atom is 0.0594 e. The molecule has 0 atom stereocenters. The molecule has 94 valence electrons. The fourth-order valence-electron chi connectivity index (χ4n) is 3.03. The molecular weight excluding hydrogens is 206 g/mol. The summed E-state index contributed by atoms with van der Waals surface area (Å²) in [5.74, 6) is 3.86. The van der Waals surface area contributed by atoms with Crippen LogP contribution in [0.3, 0.4) is 0 Å². The van der Waals surface area contributed by atoms with E-state index in [0.717, 1.165) is 0 Å². The van der Waals surface area contributed by atoms with Crippen LogP contribution in [0.4, 0.5) is 0 Å². The smallest absolute Gasteiger partial charge is 0.0594 e. The van der Waals surface area contributed by atoms with Gasteiger partial charge in [-0.1, -0.05) is 45.1 Å². The number of rotatable bonds is 3. The predicted octanol–water partition coefficient (Wildman–Crippen LogP) is 4.68. The van der Waals surface area contributed by atoms with Crippen LogP contribution < -0.4 is 0 Å².